The van der Waals surface area contributed by atoms with Gasteiger partial charge in [0.2, 0.25) is 0 Å². The zero-order chi connectivity index (χ0) is 8.32. The van der Waals surface area contributed by atoms with Crippen molar-refractivity contribution in [1.82, 2.24) is 0 Å². The molecule has 0 saturated heterocycles. The second kappa shape index (κ2) is 3.32. The fraction of sp³-hybridized carbons (Fsp3) is 0.875. The van der Waals surface area contributed by atoms with E-state index in [1.54, 1.807) is 0 Å². The highest BCUT2D eigenvalue weighted by Gasteiger charge is 2.36. The zero-order valence-corrected chi connectivity index (χ0v) is 6.55. The van der Waals surface area contributed by atoms with Crippen molar-refractivity contribution in [2.24, 2.45) is 0 Å². The molecule has 0 aromatic heterocycles. The van der Waals surface area contributed by atoms with Crippen molar-refractivity contribution in [3.8, 4) is 0 Å². The predicted molar refractivity (Wildman–Crippen MR) is 40.1 cm³/mol. The Labute approximate surface area is 66.0 Å². The van der Waals surface area contributed by atoms with Crippen LogP contribution < -0.4 is 0 Å². The minimum atomic E-state index is -1.20. The van der Waals surface area contributed by atoms with Crippen LogP contribution in [0.25, 0.3) is 0 Å². The summed E-state index contributed by atoms with van der Waals surface area (Å²) >= 11 is 0. The number of Topliss-reactive ketones (excluding diaryl/α,β-unsaturated/α-hetero) is 1. The molecule has 0 aromatic rings. The molecule has 1 saturated carbocycles. The fourth-order valence-electron chi connectivity index (χ4n) is 1.52. The van der Waals surface area contributed by atoms with Crippen LogP contribution in [0.3, 0.4) is 0 Å². The summed E-state index contributed by atoms with van der Waals surface area (Å²) in [6.45, 7) is -0.109. The number of hydrogen-bond donors (Lipinski definition) is 2. The third kappa shape index (κ3) is 1.79. The van der Waals surface area contributed by atoms with Crippen LogP contribution in [0.5, 0.6) is 0 Å². The first-order chi connectivity index (χ1) is 5.19. The van der Waals surface area contributed by atoms with Crippen molar-refractivity contribution in [3.63, 3.8) is 0 Å². The van der Waals surface area contributed by atoms with Gasteiger partial charge >= 0.3 is 0 Å². The van der Waals surface area contributed by atoms with Crippen LogP contribution in [-0.2, 0) is 4.79 Å². The number of aliphatic hydroxyl groups is 2. The molecule has 1 aliphatic rings. The smallest absolute Gasteiger partial charge is 0.164 e. The van der Waals surface area contributed by atoms with E-state index >= 15 is 0 Å². The highest BCUT2D eigenvalue weighted by Crippen LogP contribution is 2.27. The van der Waals surface area contributed by atoms with Crippen LogP contribution in [-0.4, -0.2) is 28.2 Å². The number of aliphatic hydroxyl groups excluding tert-OH is 1. The van der Waals surface area contributed by atoms with Gasteiger partial charge in [-0.2, -0.15) is 0 Å². The number of hydrogen-bond acceptors (Lipinski definition) is 3. The summed E-state index contributed by atoms with van der Waals surface area (Å²) in [6.07, 6.45) is 2.96. The van der Waals surface area contributed by atoms with Gasteiger partial charge in [-0.05, 0) is 19.3 Å². The topological polar surface area (TPSA) is 57.5 Å². The standard InChI is InChI=1S/C8H14O3/c9-6-5-8(11)4-2-1-3-7(8)10/h9,11H,1-6H2/t8-/m1/s1. The van der Waals surface area contributed by atoms with E-state index < -0.39 is 5.60 Å². The average Bonchev–Trinajstić information content (AvgIpc) is 1.96. The molecule has 0 amide bonds. The van der Waals surface area contributed by atoms with Crippen molar-refractivity contribution in [2.75, 3.05) is 6.61 Å². The molecule has 0 spiro atoms. The second-order valence-corrected chi connectivity index (χ2v) is 3.14. The van der Waals surface area contributed by atoms with E-state index in [1.165, 1.54) is 0 Å². The van der Waals surface area contributed by atoms with Gasteiger partial charge in [0.05, 0.1) is 0 Å². The van der Waals surface area contributed by atoms with Gasteiger partial charge in [-0.1, -0.05) is 0 Å². The maximum atomic E-state index is 11.1. The largest absolute Gasteiger partial charge is 0.396 e. The zero-order valence-electron chi connectivity index (χ0n) is 6.55. The third-order valence-corrected chi connectivity index (χ3v) is 2.29. The minimum absolute atomic E-state index is 0.0993. The van der Waals surface area contributed by atoms with E-state index in [-0.39, 0.29) is 18.8 Å². The molecule has 0 aromatic carbocycles. The molecule has 3 nitrogen and oxygen atoms in total. The maximum Gasteiger partial charge on any atom is 0.164 e. The van der Waals surface area contributed by atoms with Gasteiger partial charge in [0.15, 0.2) is 5.78 Å². The normalized spacial score (nSPS) is 32.4. The van der Waals surface area contributed by atoms with Crippen molar-refractivity contribution in [1.29, 1.82) is 0 Å². The molecule has 64 valence electrons. The first-order valence-electron chi connectivity index (χ1n) is 4.05. The summed E-state index contributed by atoms with van der Waals surface area (Å²) in [7, 11) is 0. The van der Waals surface area contributed by atoms with Gasteiger partial charge in [0, 0.05) is 19.4 Å². The Balaban J connectivity index is 2.57. The molecular formula is C8H14O3. The van der Waals surface area contributed by atoms with E-state index in [0.717, 1.165) is 12.8 Å². The third-order valence-electron chi connectivity index (χ3n) is 2.29. The quantitative estimate of drug-likeness (QED) is 0.605. The Hall–Kier alpha value is -0.410. The van der Waals surface area contributed by atoms with Crippen LogP contribution in [0.15, 0.2) is 0 Å². The summed E-state index contributed by atoms with van der Waals surface area (Å²) in [5.74, 6) is -0.0993. The Morgan fingerprint density at radius 1 is 1.45 bits per heavy atom. The number of rotatable bonds is 2. The molecule has 11 heavy (non-hydrogen) atoms. The lowest BCUT2D eigenvalue weighted by atomic mass is 9.81. The van der Waals surface area contributed by atoms with Gasteiger partial charge in [-0.3, -0.25) is 4.79 Å². The minimum Gasteiger partial charge on any atom is -0.396 e. The highest BCUT2D eigenvalue weighted by atomic mass is 16.3. The van der Waals surface area contributed by atoms with E-state index in [1.807, 2.05) is 0 Å². The summed E-state index contributed by atoms with van der Waals surface area (Å²) in [6, 6.07) is 0. The van der Waals surface area contributed by atoms with Gasteiger partial charge < -0.3 is 10.2 Å². The predicted octanol–water partition coefficient (Wildman–Crippen LogP) is 0.243. The molecule has 3 heteroatoms. The van der Waals surface area contributed by atoms with Crippen LogP contribution in [0.4, 0.5) is 0 Å². The molecule has 0 heterocycles. The molecule has 0 aliphatic heterocycles. The molecule has 0 bridgehead atoms. The van der Waals surface area contributed by atoms with Crippen LogP contribution in [0.1, 0.15) is 32.1 Å². The molecule has 1 atom stereocenters. The lowest BCUT2D eigenvalue weighted by Crippen LogP contribution is -2.41. The van der Waals surface area contributed by atoms with Crippen molar-refractivity contribution >= 4 is 5.78 Å². The van der Waals surface area contributed by atoms with Crippen LogP contribution in [0.2, 0.25) is 0 Å². The number of carbonyl (C=O) groups excluding carboxylic acids is 1. The molecule has 1 fully saturated rings. The molecule has 0 unspecified atom stereocenters. The van der Waals surface area contributed by atoms with Crippen molar-refractivity contribution < 1.29 is 15.0 Å². The summed E-state index contributed by atoms with van der Waals surface area (Å²) < 4.78 is 0. The van der Waals surface area contributed by atoms with E-state index in [2.05, 4.69) is 0 Å². The highest BCUT2D eigenvalue weighted by molar-refractivity contribution is 5.87. The molecule has 1 rings (SSSR count). The molecule has 0 radical (unpaired) electrons. The van der Waals surface area contributed by atoms with E-state index in [9.17, 15) is 9.90 Å². The van der Waals surface area contributed by atoms with E-state index in [4.69, 9.17) is 5.11 Å². The van der Waals surface area contributed by atoms with E-state index in [0.29, 0.717) is 12.8 Å². The lowest BCUT2D eigenvalue weighted by Gasteiger charge is -2.29. The number of carbonyl (C=O) groups is 1. The molecule has 1 aliphatic carbocycles. The van der Waals surface area contributed by atoms with Crippen LogP contribution in [0, 0.1) is 0 Å². The molecule has 2 N–H and O–H groups in total. The number of ketones is 1. The van der Waals surface area contributed by atoms with Gasteiger partial charge in [-0.25, -0.2) is 0 Å². The summed E-state index contributed by atoms with van der Waals surface area (Å²) in [4.78, 5) is 11.1. The lowest BCUT2D eigenvalue weighted by molar-refractivity contribution is -0.142. The Morgan fingerprint density at radius 3 is 2.73 bits per heavy atom. The average molecular weight is 158 g/mol. The van der Waals surface area contributed by atoms with Gasteiger partial charge in [0.1, 0.15) is 5.60 Å². The van der Waals surface area contributed by atoms with Gasteiger partial charge in [-0.15, -0.1) is 0 Å². The first-order valence-corrected chi connectivity index (χ1v) is 4.05. The summed E-state index contributed by atoms with van der Waals surface area (Å²) in [5.41, 5.74) is -1.20. The summed E-state index contributed by atoms with van der Waals surface area (Å²) in [5, 5.41) is 18.2. The van der Waals surface area contributed by atoms with Crippen LogP contribution >= 0.6 is 0 Å². The second-order valence-electron chi connectivity index (χ2n) is 3.14. The maximum absolute atomic E-state index is 11.1. The monoisotopic (exact) mass is 158 g/mol. The molecular weight excluding hydrogens is 144 g/mol. The Morgan fingerprint density at radius 2 is 2.18 bits per heavy atom. The first kappa shape index (κ1) is 8.68. The Bertz CT molecular complexity index is 151. The van der Waals surface area contributed by atoms with Gasteiger partial charge in [0.25, 0.3) is 0 Å². The Kier molecular flexibility index (Phi) is 2.62. The van der Waals surface area contributed by atoms with Crippen molar-refractivity contribution in [3.05, 3.63) is 0 Å². The van der Waals surface area contributed by atoms with Crippen molar-refractivity contribution in [2.45, 2.75) is 37.7 Å². The fourth-order valence-corrected chi connectivity index (χ4v) is 1.52. The SMILES string of the molecule is O=C1CCCC[C@@]1(O)CCO.